The highest BCUT2D eigenvalue weighted by atomic mass is 19.3. The van der Waals surface area contributed by atoms with Gasteiger partial charge in [0.15, 0.2) is 0 Å². The molecule has 2 atom stereocenters. The van der Waals surface area contributed by atoms with Gasteiger partial charge in [0.1, 0.15) is 6.10 Å². The van der Waals surface area contributed by atoms with Gasteiger partial charge in [0, 0.05) is 13.1 Å². The van der Waals surface area contributed by atoms with Crippen LogP contribution in [0, 0.1) is 0 Å². The molecule has 3 N–H and O–H groups in total. The maximum absolute atomic E-state index is 11.9. The van der Waals surface area contributed by atoms with Gasteiger partial charge in [-0.1, -0.05) is 30.3 Å². The molecule has 3 nitrogen and oxygen atoms in total. The Morgan fingerprint density at radius 2 is 1.69 bits per heavy atom. The third kappa shape index (κ3) is 4.22. The van der Waals surface area contributed by atoms with Gasteiger partial charge >= 0.3 is 0 Å². The lowest BCUT2D eigenvalue weighted by atomic mass is 10.1. The Bertz CT molecular complexity index is 295. The number of aliphatic hydroxyl groups excluding tert-OH is 2. The molecule has 0 amide bonds. The molecule has 2 unspecified atom stereocenters. The van der Waals surface area contributed by atoms with E-state index in [1.54, 1.807) is 24.3 Å². The van der Waals surface area contributed by atoms with E-state index in [0.717, 1.165) is 0 Å². The zero-order chi connectivity index (χ0) is 12.0. The van der Waals surface area contributed by atoms with Crippen LogP contribution in [0.5, 0.6) is 0 Å². The summed E-state index contributed by atoms with van der Waals surface area (Å²) in [7, 11) is 0. The number of hydrogen-bond acceptors (Lipinski definition) is 3. The van der Waals surface area contributed by atoms with Crippen LogP contribution in [0.25, 0.3) is 0 Å². The minimum absolute atomic E-state index is 0.133. The van der Waals surface area contributed by atoms with Crippen LogP contribution in [0.1, 0.15) is 11.7 Å². The summed E-state index contributed by atoms with van der Waals surface area (Å²) in [6.45, 7) is -0.102. The third-order valence-electron chi connectivity index (χ3n) is 2.17. The zero-order valence-electron chi connectivity index (χ0n) is 8.68. The number of alkyl halides is 2. The van der Waals surface area contributed by atoms with Gasteiger partial charge in [0.25, 0.3) is 6.43 Å². The van der Waals surface area contributed by atoms with Gasteiger partial charge in [-0.05, 0) is 5.56 Å². The highest BCUT2D eigenvalue weighted by molar-refractivity contribution is 5.17. The van der Waals surface area contributed by atoms with Crippen molar-refractivity contribution in [3.63, 3.8) is 0 Å². The second kappa shape index (κ2) is 6.52. The van der Waals surface area contributed by atoms with Gasteiger partial charge < -0.3 is 15.5 Å². The molecule has 5 heteroatoms. The van der Waals surface area contributed by atoms with Crippen LogP contribution in [-0.4, -0.2) is 35.8 Å². The second-order valence-corrected chi connectivity index (χ2v) is 3.49. The molecule has 16 heavy (non-hydrogen) atoms. The fourth-order valence-electron chi connectivity index (χ4n) is 1.25. The van der Waals surface area contributed by atoms with Crippen molar-refractivity contribution in [1.29, 1.82) is 0 Å². The largest absolute Gasteiger partial charge is 0.387 e. The fraction of sp³-hybridized carbons (Fsp3) is 0.455. The predicted octanol–water partition coefficient (Wildman–Crippen LogP) is 0.936. The first-order valence-corrected chi connectivity index (χ1v) is 5.01. The van der Waals surface area contributed by atoms with Gasteiger partial charge in [-0.15, -0.1) is 0 Å². The van der Waals surface area contributed by atoms with Crippen LogP contribution in [0.4, 0.5) is 8.78 Å². The summed E-state index contributed by atoms with van der Waals surface area (Å²) in [4.78, 5) is 0. The Hall–Kier alpha value is -1.04. The first-order chi connectivity index (χ1) is 7.61. The number of nitrogens with one attached hydrogen (secondary N) is 1. The monoisotopic (exact) mass is 231 g/mol. The molecule has 0 aliphatic heterocycles. The lowest BCUT2D eigenvalue weighted by molar-refractivity contribution is -0.00462. The Morgan fingerprint density at radius 1 is 1.06 bits per heavy atom. The quantitative estimate of drug-likeness (QED) is 0.683. The molecular formula is C11H15F2NO2. The molecule has 0 aliphatic rings. The fourth-order valence-corrected chi connectivity index (χ4v) is 1.25. The average Bonchev–Trinajstić information content (AvgIpc) is 2.29. The molecular weight excluding hydrogens is 216 g/mol. The van der Waals surface area contributed by atoms with E-state index in [4.69, 9.17) is 5.11 Å². The van der Waals surface area contributed by atoms with E-state index in [9.17, 15) is 13.9 Å². The first kappa shape index (κ1) is 13.0. The predicted molar refractivity (Wildman–Crippen MR) is 56.3 cm³/mol. The van der Waals surface area contributed by atoms with Crippen LogP contribution in [0.15, 0.2) is 30.3 Å². The molecule has 0 saturated heterocycles. The standard InChI is InChI=1S/C11H15F2NO2/c12-11(13)10(16)7-14-6-9(15)8-4-2-1-3-5-8/h1-5,9-11,14-16H,6-7H2. The molecule has 0 aromatic heterocycles. The second-order valence-electron chi connectivity index (χ2n) is 3.49. The lowest BCUT2D eigenvalue weighted by Gasteiger charge is -2.14. The van der Waals surface area contributed by atoms with Gasteiger partial charge in [-0.3, -0.25) is 0 Å². The summed E-state index contributed by atoms with van der Waals surface area (Å²) in [5.74, 6) is 0. The van der Waals surface area contributed by atoms with Crippen molar-refractivity contribution in [2.75, 3.05) is 13.1 Å². The van der Waals surface area contributed by atoms with Crippen molar-refractivity contribution in [3.05, 3.63) is 35.9 Å². The van der Waals surface area contributed by atoms with Gasteiger partial charge in [-0.25, -0.2) is 8.78 Å². The van der Waals surface area contributed by atoms with E-state index in [1.807, 2.05) is 6.07 Å². The third-order valence-corrected chi connectivity index (χ3v) is 2.17. The summed E-state index contributed by atoms with van der Waals surface area (Å²) in [6, 6.07) is 8.88. The minimum Gasteiger partial charge on any atom is -0.387 e. The molecule has 1 aromatic carbocycles. The van der Waals surface area contributed by atoms with Gasteiger partial charge in [-0.2, -0.15) is 0 Å². The van der Waals surface area contributed by atoms with E-state index < -0.39 is 18.6 Å². The number of halogens is 2. The molecule has 0 radical (unpaired) electrons. The Balaban J connectivity index is 2.28. The summed E-state index contributed by atoms with van der Waals surface area (Å²) in [5.41, 5.74) is 0.710. The molecule has 0 aliphatic carbocycles. The molecule has 0 saturated carbocycles. The highest BCUT2D eigenvalue weighted by Gasteiger charge is 2.16. The maximum Gasteiger partial charge on any atom is 0.265 e. The summed E-state index contributed by atoms with van der Waals surface area (Å²) in [6.07, 6.45) is -5.21. The summed E-state index contributed by atoms with van der Waals surface area (Å²) in [5, 5.41) is 21.0. The SMILES string of the molecule is OC(CNCC(O)C(F)F)c1ccccc1. The van der Waals surface area contributed by atoms with E-state index in [0.29, 0.717) is 5.56 Å². The number of rotatable bonds is 6. The first-order valence-electron chi connectivity index (χ1n) is 5.01. The Kier molecular flexibility index (Phi) is 5.31. The van der Waals surface area contributed by atoms with E-state index in [1.165, 1.54) is 0 Å². The number of benzene rings is 1. The van der Waals surface area contributed by atoms with Crippen LogP contribution in [0.2, 0.25) is 0 Å². The van der Waals surface area contributed by atoms with Crippen LogP contribution < -0.4 is 5.32 Å². The Morgan fingerprint density at radius 3 is 2.25 bits per heavy atom. The van der Waals surface area contributed by atoms with Crippen molar-refractivity contribution in [2.45, 2.75) is 18.6 Å². The summed E-state index contributed by atoms with van der Waals surface area (Å²) >= 11 is 0. The van der Waals surface area contributed by atoms with Gasteiger partial charge in [0.2, 0.25) is 0 Å². The van der Waals surface area contributed by atoms with Crippen LogP contribution >= 0.6 is 0 Å². The van der Waals surface area contributed by atoms with E-state index in [2.05, 4.69) is 5.32 Å². The van der Waals surface area contributed by atoms with E-state index >= 15 is 0 Å². The van der Waals surface area contributed by atoms with Crippen molar-refractivity contribution in [2.24, 2.45) is 0 Å². The lowest BCUT2D eigenvalue weighted by Crippen LogP contribution is -2.34. The van der Waals surface area contributed by atoms with Crippen LogP contribution in [-0.2, 0) is 0 Å². The molecule has 0 spiro atoms. The zero-order valence-corrected chi connectivity index (χ0v) is 8.68. The van der Waals surface area contributed by atoms with Crippen molar-refractivity contribution >= 4 is 0 Å². The molecule has 0 bridgehead atoms. The topological polar surface area (TPSA) is 52.5 Å². The minimum atomic E-state index is -2.76. The highest BCUT2D eigenvalue weighted by Crippen LogP contribution is 2.10. The normalized spacial score (nSPS) is 15.1. The maximum atomic E-state index is 11.9. The van der Waals surface area contributed by atoms with Gasteiger partial charge in [0.05, 0.1) is 6.10 Å². The van der Waals surface area contributed by atoms with E-state index in [-0.39, 0.29) is 13.1 Å². The molecule has 0 fully saturated rings. The molecule has 0 heterocycles. The van der Waals surface area contributed by atoms with Crippen molar-refractivity contribution in [3.8, 4) is 0 Å². The Labute approximate surface area is 92.7 Å². The molecule has 90 valence electrons. The van der Waals surface area contributed by atoms with Crippen LogP contribution in [0.3, 0.4) is 0 Å². The molecule has 1 aromatic rings. The number of hydrogen-bond donors (Lipinski definition) is 3. The number of aliphatic hydroxyl groups is 2. The summed E-state index contributed by atoms with van der Waals surface area (Å²) < 4.78 is 23.8. The van der Waals surface area contributed by atoms with Crippen molar-refractivity contribution in [1.82, 2.24) is 5.32 Å². The average molecular weight is 231 g/mol. The molecule has 1 rings (SSSR count). The van der Waals surface area contributed by atoms with Crippen molar-refractivity contribution < 1.29 is 19.0 Å². The smallest absolute Gasteiger partial charge is 0.265 e.